The maximum Gasteiger partial charge on any atom is 0.573 e. The Labute approximate surface area is 124 Å². The number of benzene rings is 1. The Balaban J connectivity index is 1.62. The Hall–Kier alpha value is -2.12. The number of likely N-dealkylation sites (tertiary alicyclic amines) is 1. The molecular weight excluding hydrogens is 301 g/mol. The van der Waals surface area contributed by atoms with Crippen molar-refractivity contribution in [3.05, 3.63) is 24.3 Å². The highest BCUT2D eigenvalue weighted by Gasteiger charge is 2.41. The van der Waals surface area contributed by atoms with Gasteiger partial charge in [-0.3, -0.25) is 0 Å². The minimum Gasteiger partial charge on any atom is -0.465 e. The zero-order valence-corrected chi connectivity index (χ0v) is 11.6. The minimum absolute atomic E-state index is 0.243. The number of carboxylic acid groups (broad SMARTS) is 1. The number of fused-ring (bicyclic) bond motifs is 1. The number of halogens is 3. The Morgan fingerprint density at radius 1 is 1.09 bits per heavy atom. The van der Waals surface area contributed by atoms with E-state index in [9.17, 15) is 18.0 Å². The molecular formula is C14H15F3N2O3. The Morgan fingerprint density at radius 3 is 2.09 bits per heavy atom. The maximum absolute atomic E-state index is 12.1. The van der Waals surface area contributed by atoms with Crippen LogP contribution >= 0.6 is 0 Å². The van der Waals surface area contributed by atoms with E-state index in [-0.39, 0.29) is 17.6 Å². The van der Waals surface area contributed by atoms with Crippen molar-refractivity contribution in [3.63, 3.8) is 0 Å². The van der Waals surface area contributed by atoms with Crippen LogP contribution in [0.5, 0.6) is 5.75 Å². The predicted octanol–water partition coefficient (Wildman–Crippen LogP) is 2.63. The lowest BCUT2D eigenvalue weighted by Crippen LogP contribution is -2.32. The molecule has 1 aromatic carbocycles. The van der Waals surface area contributed by atoms with Crippen LogP contribution in [-0.2, 0) is 0 Å². The molecule has 2 unspecified atom stereocenters. The molecule has 0 aromatic heterocycles. The van der Waals surface area contributed by atoms with Gasteiger partial charge in [-0.1, -0.05) is 0 Å². The largest absolute Gasteiger partial charge is 0.573 e. The number of hydrogen-bond donors (Lipinski definition) is 1. The number of nitrogens with zero attached hydrogens (tertiary/aromatic N) is 2. The van der Waals surface area contributed by atoms with Crippen LogP contribution < -0.4 is 9.64 Å². The molecule has 2 fully saturated rings. The smallest absolute Gasteiger partial charge is 0.465 e. The molecule has 2 aliphatic rings. The van der Waals surface area contributed by atoms with Crippen molar-refractivity contribution in [3.8, 4) is 5.75 Å². The molecule has 3 rings (SSSR count). The summed E-state index contributed by atoms with van der Waals surface area (Å²) >= 11 is 0. The van der Waals surface area contributed by atoms with Gasteiger partial charge < -0.3 is 19.6 Å². The van der Waals surface area contributed by atoms with Crippen molar-refractivity contribution >= 4 is 11.8 Å². The Kier molecular flexibility index (Phi) is 3.54. The van der Waals surface area contributed by atoms with E-state index in [1.54, 1.807) is 12.1 Å². The SMILES string of the molecule is O=C(O)N1CC2CN(c3ccc(OC(F)(F)F)cc3)CC2C1. The monoisotopic (exact) mass is 316 g/mol. The molecule has 1 amide bonds. The lowest BCUT2D eigenvalue weighted by atomic mass is 10.0. The van der Waals surface area contributed by atoms with Crippen LogP contribution in [0.1, 0.15) is 0 Å². The number of ether oxygens (including phenoxy) is 1. The summed E-state index contributed by atoms with van der Waals surface area (Å²) in [5, 5.41) is 8.98. The van der Waals surface area contributed by atoms with Gasteiger partial charge in [0, 0.05) is 43.7 Å². The molecule has 1 aromatic rings. The van der Waals surface area contributed by atoms with Gasteiger partial charge in [0.1, 0.15) is 5.75 Å². The summed E-state index contributed by atoms with van der Waals surface area (Å²) in [5.41, 5.74) is 0.825. The zero-order chi connectivity index (χ0) is 15.9. The van der Waals surface area contributed by atoms with Gasteiger partial charge in [0.15, 0.2) is 0 Å². The number of amides is 1. The molecule has 8 heteroatoms. The zero-order valence-electron chi connectivity index (χ0n) is 11.6. The molecule has 0 saturated carbocycles. The van der Waals surface area contributed by atoms with Gasteiger partial charge >= 0.3 is 12.5 Å². The standard InChI is InChI=1S/C14H15F3N2O3/c15-14(16,17)22-12-3-1-11(2-4-12)18-5-9-7-19(13(20)21)8-10(9)6-18/h1-4,9-10H,5-8H2,(H,20,21). The van der Waals surface area contributed by atoms with Gasteiger partial charge in [-0.05, 0) is 24.3 Å². The van der Waals surface area contributed by atoms with E-state index in [2.05, 4.69) is 9.64 Å². The van der Waals surface area contributed by atoms with E-state index in [1.165, 1.54) is 17.0 Å². The summed E-state index contributed by atoms with van der Waals surface area (Å²) in [4.78, 5) is 14.4. The molecule has 22 heavy (non-hydrogen) atoms. The molecule has 0 aliphatic carbocycles. The normalized spacial score (nSPS) is 24.5. The Morgan fingerprint density at radius 2 is 1.64 bits per heavy atom. The highest BCUT2D eigenvalue weighted by Crippen LogP contribution is 2.34. The van der Waals surface area contributed by atoms with Gasteiger partial charge in [0.25, 0.3) is 0 Å². The Bertz CT molecular complexity index is 547. The van der Waals surface area contributed by atoms with Crippen molar-refractivity contribution < 1.29 is 27.8 Å². The van der Waals surface area contributed by atoms with Crippen LogP contribution in [0, 0.1) is 11.8 Å². The first-order chi connectivity index (χ1) is 10.3. The molecule has 2 heterocycles. The summed E-state index contributed by atoms with van der Waals surface area (Å²) in [6.07, 6.45) is -5.58. The third-order valence-electron chi connectivity index (χ3n) is 4.19. The first-order valence-corrected chi connectivity index (χ1v) is 6.90. The molecule has 2 atom stereocenters. The first-order valence-electron chi connectivity index (χ1n) is 6.90. The van der Waals surface area contributed by atoms with Gasteiger partial charge in [0.2, 0.25) is 0 Å². The molecule has 5 nitrogen and oxygen atoms in total. The summed E-state index contributed by atoms with van der Waals surface area (Å²) in [7, 11) is 0. The van der Waals surface area contributed by atoms with Gasteiger partial charge in [0.05, 0.1) is 0 Å². The molecule has 2 aliphatic heterocycles. The second kappa shape index (κ2) is 5.26. The van der Waals surface area contributed by atoms with E-state index < -0.39 is 12.5 Å². The second-order valence-electron chi connectivity index (χ2n) is 5.65. The predicted molar refractivity (Wildman–Crippen MR) is 71.9 cm³/mol. The third-order valence-corrected chi connectivity index (χ3v) is 4.19. The third kappa shape index (κ3) is 3.05. The van der Waals surface area contributed by atoms with E-state index in [4.69, 9.17) is 5.11 Å². The van der Waals surface area contributed by atoms with Crippen molar-refractivity contribution in [2.45, 2.75) is 6.36 Å². The minimum atomic E-state index is -4.69. The number of rotatable bonds is 2. The fourth-order valence-electron chi connectivity index (χ4n) is 3.22. The number of carbonyl (C=O) groups is 1. The molecule has 120 valence electrons. The molecule has 0 radical (unpaired) electrons. The average molecular weight is 316 g/mol. The van der Waals surface area contributed by atoms with E-state index in [1.807, 2.05) is 0 Å². The van der Waals surface area contributed by atoms with Crippen LogP contribution in [0.25, 0.3) is 0 Å². The van der Waals surface area contributed by atoms with Crippen LogP contribution in [0.2, 0.25) is 0 Å². The first kappa shape index (κ1) is 14.8. The lowest BCUT2D eigenvalue weighted by Gasteiger charge is -2.22. The topological polar surface area (TPSA) is 53.0 Å². The molecule has 1 N–H and O–H groups in total. The van der Waals surface area contributed by atoms with Crippen molar-refractivity contribution in [1.82, 2.24) is 4.90 Å². The maximum atomic E-state index is 12.1. The average Bonchev–Trinajstić information content (AvgIpc) is 2.95. The number of alkyl halides is 3. The lowest BCUT2D eigenvalue weighted by molar-refractivity contribution is -0.274. The molecule has 0 spiro atoms. The van der Waals surface area contributed by atoms with E-state index in [0.29, 0.717) is 26.2 Å². The summed E-state index contributed by atoms with van der Waals surface area (Å²) in [6, 6.07) is 5.77. The fraction of sp³-hybridized carbons (Fsp3) is 0.500. The van der Waals surface area contributed by atoms with Crippen LogP contribution in [0.3, 0.4) is 0 Å². The van der Waals surface area contributed by atoms with Gasteiger partial charge in [-0.2, -0.15) is 0 Å². The molecule has 2 saturated heterocycles. The van der Waals surface area contributed by atoms with Crippen LogP contribution in [0.15, 0.2) is 24.3 Å². The quantitative estimate of drug-likeness (QED) is 0.911. The van der Waals surface area contributed by atoms with Crippen LogP contribution in [0.4, 0.5) is 23.7 Å². The highest BCUT2D eigenvalue weighted by atomic mass is 19.4. The van der Waals surface area contributed by atoms with Crippen LogP contribution in [-0.4, -0.2) is 48.6 Å². The van der Waals surface area contributed by atoms with Gasteiger partial charge in [-0.15, -0.1) is 13.2 Å². The number of anilines is 1. The van der Waals surface area contributed by atoms with E-state index in [0.717, 1.165) is 5.69 Å². The van der Waals surface area contributed by atoms with Crippen molar-refractivity contribution in [1.29, 1.82) is 0 Å². The fourth-order valence-corrected chi connectivity index (χ4v) is 3.22. The van der Waals surface area contributed by atoms with Crippen molar-refractivity contribution in [2.75, 3.05) is 31.1 Å². The summed E-state index contributed by atoms with van der Waals surface area (Å²) in [6.45, 7) is 2.47. The van der Waals surface area contributed by atoms with Crippen molar-refractivity contribution in [2.24, 2.45) is 11.8 Å². The summed E-state index contributed by atoms with van der Waals surface area (Å²) < 4.78 is 40.2. The molecule has 0 bridgehead atoms. The van der Waals surface area contributed by atoms with E-state index >= 15 is 0 Å². The summed E-state index contributed by atoms with van der Waals surface area (Å²) in [5.74, 6) is 0.317. The number of hydrogen-bond acceptors (Lipinski definition) is 3. The second-order valence-corrected chi connectivity index (χ2v) is 5.65. The highest BCUT2D eigenvalue weighted by molar-refractivity contribution is 5.65. The van der Waals surface area contributed by atoms with Gasteiger partial charge in [-0.25, -0.2) is 4.79 Å².